The molecule has 0 bridgehead atoms. The van der Waals surface area contributed by atoms with Gasteiger partial charge in [-0.1, -0.05) is 72.3 Å². The number of hydrogen-bond acceptors (Lipinski definition) is 2. The summed E-state index contributed by atoms with van der Waals surface area (Å²) in [4.78, 5) is 11.9. The number of hydrogen-bond donors (Lipinski definition) is 0. The lowest BCUT2D eigenvalue weighted by atomic mass is 9.98. The second-order valence-corrected chi connectivity index (χ2v) is 6.95. The van der Waals surface area contributed by atoms with E-state index >= 15 is 0 Å². The Hall–Kier alpha value is -3.33. The number of methoxy groups -OCH3 is 1. The van der Waals surface area contributed by atoms with E-state index in [4.69, 9.17) is 4.74 Å². The molecule has 3 aromatic carbocycles. The van der Waals surface area contributed by atoms with Crippen LogP contribution in [0.1, 0.15) is 12.0 Å². The number of ether oxygens (including phenoxy) is 1. The van der Waals surface area contributed by atoms with E-state index in [1.54, 1.807) is 0 Å². The van der Waals surface area contributed by atoms with E-state index < -0.39 is 0 Å². The Morgan fingerprint density at radius 1 is 0.893 bits per heavy atom. The van der Waals surface area contributed by atoms with Gasteiger partial charge in [0.15, 0.2) is 0 Å². The van der Waals surface area contributed by atoms with Crippen molar-refractivity contribution < 1.29 is 9.53 Å². The lowest BCUT2D eigenvalue weighted by molar-refractivity contribution is -0.140. The van der Waals surface area contributed by atoms with Gasteiger partial charge in [-0.15, -0.1) is 0 Å². The number of rotatable bonds is 5. The summed E-state index contributed by atoms with van der Waals surface area (Å²) >= 11 is 0. The Bertz CT molecular complexity index is 1110. The van der Waals surface area contributed by atoms with Crippen molar-refractivity contribution in [2.75, 3.05) is 7.11 Å². The number of benzene rings is 3. The summed E-state index contributed by atoms with van der Waals surface area (Å²) in [6, 6.07) is 27.4. The van der Waals surface area contributed by atoms with E-state index in [0.29, 0.717) is 13.0 Å². The van der Waals surface area contributed by atoms with Crippen LogP contribution in [-0.2, 0) is 16.1 Å². The fourth-order valence-corrected chi connectivity index (χ4v) is 3.80. The van der Waals surface area contributed by atoms with Gasteiger partial charge in [-0.2, -0.15) is 0 Å². The van der Waals surface area contributed by atoms with Gasteiger partial charge in [0, 0.05) is 23.0 Å². The number of aromatic nitrogens is 1. The van der Waals surface area contributed by atoms with Crippen molar-refractivity contribution in [3.8, 4) is 22.4 Å². The van der Waals surface area contributed by atoms with Crippen LogP contribution in [0.5, 0.6) is 0 Å². The summed E-state index contributed by atoms with van der Waals surface area (Å²) in [5, 5.41) is 1.20. The van der Waals surface area contributed by atoms with Gasteiger partial charge in [-0.25, -0.2) is 0 Å². The molecule has 0 aliphatic rings. The van der Waals surface area contributed by atoms with Gasteiger partial charge in [0.2, 0.25) is 0 Å². The van der Waals surface area contributed by atoms with Crippen LogP contribution in [0.25, 0.3) is 33.3 Å². The largest absolute Gasteiger partial charge is 0.469 e. The Morgan fingerprint density at radius 2 is 1.54 bits per heavy atom. The molecule has 0 saturated carbocycles. The minimum absolute atomic E-state index is 0.200. The maximum atomic E-state index is 11.9. The molecule has 0 fully saturated rings. The maximum Gasteiger partial charge on any atom is 0.307 e. The topological polar surface area (TPSA) is 31.2 Å². The average molecular weight is 369 g/mol. The van der Waals surface area contributed by atoms with Crippen molar-refractivity contribution in [2.24, 2.45) is 0 Å². The van der Waals surface area contributed by atoms with Crippen LogP contribution < -0.4 is 0 Å². The third-order valence-electron chi connectivity index (χ3n) is 5.10. The number of carbonyl (C=O) groups excluding carboxylic acids is 1. The molecule has 0 aliphatic heterocycles. The highest BCUT2D eigenvalue weighted by molar-refractivity contribution is 6.04. The number of fused-ring (bicyclic) bond motifs is 1. The molecular formula is C25H23NO2. The highest BCUT2D eigenvalue weighted by Crippen LogP contribution is 2.41. The summed E-state index contributed by atoms with van der Waals surface area (Å²) in [5.41, 5.74) is 7.00. The van der Waals surface area contributed by atoms with E-state index in [2.05, 4.69) is 78.2 Å². The number of nitrogens with zero attached hydrogens (tertiary/aromatic N) is 1. The molecule has 0 spiro atoms. The van der Waals surface area contributed by atoms with Crippen LogP contribution in [0.4, 0.5) is 0 Å². The van der Waals surface area contributed by atoms with E-state index in [1.807, 2.05) is 12.1 Å². The molecule has 0 unspecified atom stereocenters. The SMILES string of the molecule is COC(=O)CCn1c(-c2ccccc2)c(-c2ccccc2)c2cc(C)ccc21. The van der Waals surface area contributed by atoms with E-state index in [-0.39, 0.29) is 5.97 Å². The van der Waals surface area contributed by atoms with Crippen LogP contribution >= 0.6 is 0 Å². The quantitative estimate of drug-likeness (QED) is 0.413. The predicted molar refractivity (Wildman–Crippen MR) is 114 cm³/mol. The predicted octanol–water partition coefficient (Wildman–Crippen LogP) is 5.85. The van der Waals surface area contributed by atoms with Crippen LogP contribution in [0, 0.1) is 6.92 Å². The second kappa shape index (κ2) is 7.73. The van der Waals surface area contributed by atoms with Gasteiger partial charge in [-0.3, -0.25) is 4.79 Å². The number of carbonyl (C=O) groups is 1. The zero-order chi connectivity index (χ0) is 19.5. The molecule has 1 aromatic heterocycles. The molecule has 0 aliphatic carbocycles. The van der Waals surface area contributed by atoms with Gasteiger partial charge in [0.05, 0.1) is 19.2 Å². The van der Waals surface area contributed by atoms with Crippen molar-refractivity contribution in [1.82, 2.24) is 4.57 Å². The molecule has 0 radical (unpaired) electrons. The molecule has 4 aromatic rings. The Balaban J connectivity index is 2.04. The first-order valence-electron chi connectivity index (χ1n) is 9.49. The molecule has 0 N–H and O–H groups in total. The van der Waals surface area contributed by atoms with Crippen molar-refractivity contribution in [1.29, 1.82) is 0 Å². The molecule has 28 heavy (non-hydrogen) atoms. The lowest BCUT2D eigenvalue weighted by Crippen LogP contribution is -2.08. The molecule has 0 amide bonds. The monoisotopic (exact) mass is 369 g/mol. The first-order valence-corrected chi connectivity index (χ1v) is 9.49. The normalized spacial score (nSPS) is 10.9. The zero-order valence-corrected chi connectivity index (χ0v) is 16.2. The fourth-order valence-electron chi connectivity index (χ4n) is 3.80. The first-order chi connectivity index (χ1) is 13.7. The molecule has 3 nitrogen and oxygen atoms in total. The molecule has 1 heterocycles. The van der Waals surface area contributed by atoms with E-state index in [0.717, 1.165) is 16.8 Å². The average Bonchev–Trinajstić information content (AvgIpc) is 3.06. The van der Waals surface area contributed by atoms with E-state index in [9.17, 15) is 4.79 Å². The number of aryl methyl sites for hydroxylation is 2. The Morgan fingerprint density at radius 3 is 2.18 bits per heavy atom. The van der Waals surface area contributed by atoms with Crippen LogP contribution in [0.2, 0.25) is 0 Å². The van der Waals surface area contributed by atoms with Gasteiger partial charge in [0.25, 0.3) is 0 Å². The zero-order valence-electron chi connectivity index (χ0n) is 16.2. The molecule has 140 valence electrons. The highest BCUT2D eigenvalue weighted by atomic mass is 16.5. The van der Waals surface area contributed by atoms with Crippen LogP contribution in [0.3, 0.4) is 0 Å². The van der Waals surface area contributed by atoms with Crippen molar-refractivity contribution in [3.63, 3.8) is 0 Å². The summed E-state index contributed by atoms with van der Waals surface area (Å²) in [6.07, 6.45) is 0.336. The first kappa shape index (κ1) is 18.1. The minimum atomic E-state index is -0.200. The molecular weight excluding hydrogens is 346 g/mol. The summed E-state index contributed by atoms with van der Waals surface area (Å²) in [7, 11) is 1.44. The smallest absolute Gasteiger partial charge is 0.307 e. The molecule has 0 saturated heterocycles. The van der Waals surface area contributed by atoms with Gasteiger partial charge in [-0.05, 0) is 30.2 Å². The number of esters is 1. The third-order valence-corrected chi connectivity index (χ3v) is 5.10. The Labute approximate surface area is 165 Å². The standard InChI is InChI=1S/C25H23NO2/c1-18-13-14-22-21(17-18)24(19-9-5-3-6-10-19)25(20-11-7-4-8-12-20)26(22)16-15-23(27)28-2/h3-14,17H,15-16H2,1-2H3. The van der Waals surface area contributed by atoms with Crippen LogP contribution in [0.15, 0.2) is 78.9 Å². The van der Waals surface area contributed by atoms with Gasteiger partial charge >= 0.3 is 5.97 Å². The van der Waals surface area contributed by atoms with Crippen molar-refractivity contribution >= 4 is 16.9 Å². The van der Waals surface area contributed by atoms with Crippen molar-refractivity contribution in [2.45, 2.75) is 19.9 Å². The maximum absolute atomic E-state index is 11.9. The minimum Gasteiger partial charge on any atom is -0.469 e. The molecule has 3 heteroatoms. The summed E-state index contributed by atoms with van der Waals surface area (Å²) in [6.45, 7) is 2.69. The van der Waals surface area contributed by atoms with Crippen LogP contribution in [-0.4, -0.2) is 17.6 Å². The Kier molecular flexibility index (Phi) is 4.98. The lowest BCUT2D eigenvalue weighted by Gasteiger charge is -2.12. The van der Waals surface area contributed by atoms with Crippen molar-refractivity contribution in [3.05, 3.63) is 84.4 Å². The van der Waals surface area contributed by atoms with Gasteiger partial charge in [0.1, 0.15) is 0 Å². The third kappa shape index (κ3) is 3.31. The summed E-state index contributed by atoms with van der Waals surface area (Å²) < 4.78 is 7.14. The molecule has 0 atom stereocenters. The second-order valence-electron chi connectivity index (χ2n) is 6.95. The molecule has 4 rings (SSSR count). The highest BCUT2D eigenvalue weighted by Gasteiger charge is 2.20. The van der Waals surface area contributed by atoms with E-state index in [1.165, 1.54) is 29.2 Å². The van der Waals surface area contributed by atoms with Gasteiger partial charge < -0.3 is 9.30 Å². The summed E-state index contributed by atoms with van der Waals surface area (Å²) in [5.74, 6) is -0.200. The fraction of sp³-hybridized carbons (Fsp3) is 0.160.